The second kappa shape index (κ2) is 5.97. The molecule has 3 unspecified atom stereocenters. The molecule has 1 aliphatic rings. The van der Waals surface area contributed by atoms with E-state index in [2.05, 4.69) is 5.32 Å². The Morgan fingerprint density at radius 3 is 2.74 bits per heavy atom. The van der Waals surface area contributed by atoms with E-state index >= 15 is 0 Å². The molecule has 0 aliphatic carbocycles. The number of aldehydes is 1. The summed E-state index contributed by atoms with van der Waals surface area (Å²) >= 11 is 0. The van der Waals surface area contributed by atoms with Crippen molar-refractivity contribution in [2.24, 2.45) is 5.92 Å². The van der Waals surface area contributed by atoms with Crippen LogP contribution in [0, 0.1) is 5.92 Å². The Bertz CT molecular complexity index is 472. The average Bonchev–Trinajstić information content (AvgIpc) is 2.77. The van der Waals surface area contributed by atoms with Crippen molar-refractivity contribution in [2.45, 2.75) is 39.0 Å². The summed E-state index contributed by atoms with van der Waals surface area (Å²) in [6.07, 6.45) is 1.66. The fourth-order valence-electron chi connectivity index (χ4n) is 2.38. The molecule has 0 spiro atoms. The topological polar surface area (TPSA) is 55.4 Å². The summed E-state index contributed by atoms with van der Waals surface area (Å²) in [7, 11) is 0. The quantitative estimate of drug-likeness (QED) is 0.653. The van der Waals surface area contributed by atoms with Gasteiger partial charge in [0.15, 0.2) is 6.23 Å². The summed E-state index contributed by atoms with van der Waals surface area (Å²) in [5, 5.41) is 3.22. The van der Waals surface area contributed by atoms with Crippen LogP contribution >= 0.6 is 0 Å². The van der Waals surface area contributed by atoms with Crippen LogP contribution in [0.2, 0.25) is 0 Å². The zero-order chi connectivity index (χ0) is 13.8. The Labute approximate surface area is 113 Å². The zero-order valence-electron chi connectivity index (χ0n) is 11.3. The number of benzene rings is 1. The first-order valence-electron chi connectivity index (χ1n) is 6.67. The molecule has 1 heterocycles. The van der Waals surface area contributed by atoms with Crippen LogP contribution in [0.25, 0.3) is 0 Å². The minimum absolute atomic E-state index is 0.0897. The summed E-state index contributed by atoms with van der Waals surface area (Å²) < 4.78 is 5.44. The van der Waals surface area contributed by atoms with Crippen LogP contribution in [0.15, 0.2) is 24.3 Å². The second-order valence-electron chi connectivity index (χ2n) is 4.89. The second-order valence-corrected chi connectivity index (χ2v) is 4.89. The largest absolute Gasteiger partial charge is 0.442 e. The number of carbonyl (C=O) groups excluding carboxylic acids is 2. The van der Waals surface area contributed by atoms with Crippen molar-refractivity contribution in [1.29, 1.82) is 0 Å². The fourth-order valence-corrected chi connectivity index (χ4v) is 2.38. The van der Waals surface area contributed by atoms with E-state index in [1.165, 1.54) is 0 Å². The Hall–Kier alpha value is -1.68. The van der Waals surface area contributed by atoms with Crippen LogP contribution in [0.5, 0.6) is 0 Å². The highest BCUT2D eigenvalue weighted by molar-refractivity contribution is 5.70. The van der Waals surface area contributed by atoms with Gasteiger partial charge in [0.05, 0.1) is 0 Å². The number of esters is 1. The van der Waals surface area contributed by atoms with Gasteiger partial charge in [-0.05, 0) is 12.0 Å². The molecule has 0 saturated heterocycles. The van der Waals surface area contributed by atoms with Crippen molar-refractivity contribution < 1.29 is 14.3 Å². The molecule has 4 nitrogen and oxygen atoms in total. The minimum atomic E-state index is -0.442. The molecule has 0 bridgehead atoms. The van der Waals surface area contributed by atoms with Gasteiger partial charge in [0.2, 0.25) is 0 Å². The normalized spacial score (nSPS) is 22.6. The van der Waals surface area contributed by atoms with Crippen LogP contribution in [0.4, 0.5) is 0 Å². The van der Waals surface area contributed by atoms with E-state index in [4.69, 9.17) is 4.74 Å². The molecule has 1 aromatic carbocycles. The number of hydrogen-bond acceptors (Lipinski definition) is 4. The van der Waals surface area contributed by atoms with Gasteiger partial charge in [0, 0.05) is 23.9 Å². The number of fused-ring (bicyclic) bond motifs is 1. The molecule has 1 aromatic rings. The van der Waals surface area contributed by atoms with Gasteiger partial charge in [-0.3, -0.25) is 10.1 Å². The Balaban J connectivity index is 2.20. The Kier molecular flexibility index (Phi) is 4.32. The average molecular weight is 261 g/mol. The Morgan fingerprint density at radius 1 is 1.42 bits per heavy atom. The van der Waals surface area contributed by atoms with Gasteiger partial charge in [-0.1, -0.05) is 38.1 Å². The van der Waals surface area contributed by atoms with E-state index in [9.17, 15) is 9.59 Å². The number of hydrogen-bond donors (Lipinski definition) is 1. The lowest BCUT2D eigenvalue weighted by Crippen LogP contribution is -2.26. The first-order valence-corrected chi connectivity index (χ1v) is 6.67. The maximum atomic E-state index is 11.6. The SMILES string of the molecule is CCCC(=O)OC1NC(C(C)C=O)c2ccccc21. The van der Waals surface area contributed by atoms with Gasteiger partial charge in [0.1, 0.15) is 6.29 Å². The van der Waals surface area contributed by atoms with Crippen molar-refractivity contribution in [3.63, 3.8) is 0 Å². The molecular weight excluding hydrogens is 242 g/mol. The minimum Gasteiger partial charge on any atom is -0.442 e. The fraction of sp³-hybridized carbons (Fsp3) is 0.467. The summed E-state index contributed by atoms with van der Waals surface area (Å²) in [6.45, 7) is 3.80. The lowest BCUT2D eigenvalue weighted by atomic mass is 9.96. The predicted octanol–water partition coefficient (Wildman–Crippen LogP) is 2.51. The molecule has 1 aliphatic heterocycles. The van der Waals surface area contributed by atoms with E-state index in [0.29, 0.717) is 6.42 Å². The molecule has 0 amide bonds. The van der Waals surface area contributed by atoms with Crippen LogP contribution in [0.3, 0.4) is 0 Å². The van der Waals surface area contributed by atoms with Crippen LogP contribution in [-0.4, -0.2) is 12.3 Å². The van der Waals surface area contributed by atoms with E-state index in [1.54, 1.807) is 0 Å². The third kappa shape index (κ3) is 2.84. The highest BCUT2D eigenvalue weighted by Crippen LogP contribution is 2.37. The summed E-state index contributed by atoms with van der Waals surface area (Å²) in [5.74, 6) is -0.370. The summed E-state index contributed by atoms with van der Waals surface area (Å²) in [6, 6.07) is 7.66. The molecule has 3 atom stereocenters. The molecule has 2 rings (SSSR count). The van der Waals surface area contributed by atoms with Crippen molar-refractivity contribution in [2.75, 3.05) is 0 Å². The molecule has 19 heavy (non-hydrogen) atoms. The standard InChI is InChI=1S/C15H19NO3/c1-3-6-13(18)19-15-12-8-5-4-7-11(12)14(16-15)10(2)9-17/h4-5,7-10,14-16H,3,6H2,1-2H3. The first kappa shape index (κ1) is 13.7. The predicted molar refractivity (Wildman–Crippen MR) is 71.3 cm³/mol. The van der Waals surface area contributed by atoms with E-state index in [1.807, 2.05) is 38.1 Å². The van der Waals surface area contributed by atoms with Crippen LogP contribution < -0.4 is 5.32 Å². The molecule has 0 fully saturated rings. The molecule has 0 aromatic heterocycles. The van der Waals surface area contributed by atoms with Gasteiger partial charge in [-0.25, -0.2) is 0 Å². The van der Waals surface area contributed by atoms with Crippen molar-refractivity contribution in [3.8, 4) is 0 Å². The van der Waals surface area contributed by atoms with Gasteiger partial charge >= 0.3 is 5.97 Å². The van der Waals surface area contributed by atoms with Gasteiger partial charge in [-0.2, -0.15) is 0 Å². The van der Waals surface area contributed by atoms with Gasteiger partial charge in [0.25, 0.3) is 0 Å². The van der Waals surface area contributed by atoms with E-state index in [-0.39, 0.29) is 17.9 Å². The summed E-state index contributed by atoms with van der Waals surface area (Å²) in [4.78, 5) is 22.6. The summed E-state index contributed by atoms with van der Waals surface area (Å²) in [5.41, 5.74) is 1.99. The monoisotopic (exact) mass is 261 g/mol. The molecular formula is C15H19NO3. The third-order valence-corrected chi connectivity index (χ3v) is 3.39. The van der Waals surface area contributed by atoms with Crippen molar-refractivity contribution >= 4 is 12.3 Å². The van der Waals surface area contributed by atoms with Crippen LogP contribution in [-0.2, 0) is 14.3 Å². The Morgan fingerprint density at radius 2 is 2.11 bits per heavy atom. The lowest BCUT2D eigenvalue weighted by molar-refractivity contribution is -0.151. The van der Waals surface area contributed by atoms with Crippen molar-refractivity contribution in [3.05, 3.63) is 35.4 Å². The molecule has 0 radical (unpaired) electrons. The molecule has 4 heteroatoms. The van der Waals surface area contributed by atoms with E-state index < -0.39 is 6.23 Å². The lowest BCUT2D eigenvalue weighted by Gasteiger charge is -2.17. The maximum absolute atomic E-state index is 11.6. The molecule has 0 saturated carbocycles. The van der Waals surface area contributed by atoms with E-state index in [0.717, 1.165) is 23.8 Å². The molecule has 102 valence electrons. The maximum Gasteiger partial charge on any atom is 0.307 e. The van der Waals surface area contributed by atoms with Gasteiger partial charge in [-0.15, -0.1) is 0 Å². The van der Waals surface area contributed by atoms with Gasteiger partial charge < -0.3 is 9.53 Å². The highest BCUT2D eigenvalue weighted by Gasteiger charge is 2.34. The number of carbonyl (C=O) groups is 2. The smallest absolute Gasteiger partial charge is 0.307 e. The third-order valence-electron chi connectivity index (χ3n) is 3.39. The first-order chi connectivity index (χ1) is 9.17. The van der Waals surface area contributed by atoms with Crippen LogP contribution in [0.1, 0.15) is 50.1 Å². The number of ether oxygens (including phenoxy) is 1. The molecule has 1 N–H and O–H groups in total. The number of rotatable bonds is 5. The zero-order valence-corrected chi connectivity index (χ0v) is 11.3. The number of nitrogens with one attached hydrogen (secondary N) is 1. The highest BCUT2D eigenvalue weighted by atomic mass is 16.6. The van der Waals surface area contributed by atoms with Crippen molar-refractivity contribution in [1.82, 2.24) is 5.32 Å².